The fourth-order valence-electron chi connectivity index (χ4n) is 1.76. The second-order valence-electron chi connectivity index (χ2n) is 4.05. The minimum absolute atomic E-state index is 0.139. The molecule has 1 heterocycles. The normalized spacial score (nSPS) is 27.1. The molecule has 1 aliphatic heterocycles. The molecule has 0 spiro atoms. The average molecular weight is 215 g/mol. The van der Waals surface area contributed by atoms with Gasteiger partial charge in [0.25, 0.3) is 0 Å². The van der Waals surface area contributed by atoms with E-state index in [1.165, 1.54) is 32.1 Å². The Balaban J connectivity index is 0.000000140. The molecular weight excluding hydrogens is 194 g/mol. The maximum Gasteiger partial charge on any atom is 0.118 e. The lowest BCUT2D eigenvalue weighted by molar-refractivity contribution is 0.298. The topological polar surface area (TPSA) is 32.6 Å². The largest absolute Gasteiger partial charge is 0.393 e. The highest BCUT2D eigenvalue weighted by Gasteiger charge is 2.07. The SMILES string of the molecule is CC1CCCCC1.OCC1N=CCS1. The lowest BCUT2D eigenvalue weighted by Gasteiger charge is -2.15. The highest BCUT2D eigenvalue weighted by Crippen LogP contribution is 2.22. The Kier molecular flexibility index (Phi) is 6.28. The molecule has 0 radical (unpaired) electrons. The molecule has 82 valence electrons. The Bertz CT molecular complexity index is 167. The molecule has 3 heteroatoms. The van der Waals surface area contributed by atoms with Crippen molar-refractivity contribution in [3.63, 3.8) is 0 Å². The molecular formula is C11H21NOS. The van der Waals surface area contributed by atoms with Gasteiger partial charge in [0.05, 0.1) is 6.61 Å². The third-order valence-electron chi connectivity index (χ3n) is 2.68. The van der Waals surface area contributed by atoms with Crippen LogP contribution in [0.25, 0.3) is 0 Å². The summed E-state index contributed by atoms with van der Waals surface area (Å²) in [5, 5.41) is 8.57. The van der Waals surface area contributed by atoms with Crippen LogP contribution in [-0.4, -0.2) is 29.1 Å². The van der Waals surface area contributed by atoms with Gasteiger partial charge >= 0.3 is 0 Å². The summed E-state index contributed by atoms with van der Waals surface area (Å²) in [7, 11) is 0. The van der Waals surface area contributed by atoms with E-state index >= 15 is 0 Å². The van der Waals surface area contributed by atoms with Gasteiger partial charge in [-0.05, 0) is 5.92 Å². The van der Waals surface area contributed by atoms with Crippen LogP contribution in [0.15, 0.2) is 4.99 Å². The molecule has 14 heavy (non-hydrogen) atoms. The van der Waals surface area contributed by atoms with Crippen molar-refractivity contribution in [2.45, 2.75) is 44.4 Å². The van der Waals surface area contributed by atoms with Crippen LogP contribution in [0.2, 0.25) is 0 Å². The highest BCUT2D eigenvalue weighted by atomic mass is 32.2. The second kappa shape index (κ2) is 7.30. The lowest BCUT2D eigenvalue weighted by atomic mass is 9.91. The number of hydrogen-bond donors (Lipinski definition) is 1. The van der Waals surface area contributed by atoms with Crippen molar-refractivity contribution in [1.29, 1.82) is 0 Å². The maximum atomic E-state index is 8.43. The van der Waals surface area contributed by atoms with Crippen LogP contribution in [0, 0.1) is 5.92 Å². The van der Waals surface area contributed by atoms with E-state index < -0.39 is 0 Å². The standard InChI is InChI=1S/C7H14.C4H7NOS/c1-7-5-3-2-4-6-7;6-3-4-5-1-2-7-4/h7H,2-6H2,1H3;1,4,6H,2-3H2. The smallest absolute Gasteiger partial charge is 0.118 e. The summed E-state index contributed by atoms with van der Waals surface area (Å²) in [5.74, 6) is 2.00. The fourth-order valence-corrected chi connectivity index (χ4v) is 2.44. The molecule has 1 N–H and O–H groups in total. The Morgan fingerprint density at radius 3 is 2.36 bits per heavy atom. The van der Waals surface area contributed by atoms with Crippen LogP contribution in [0.4, 0.5) is 0 Å². The highest BCUT2D eigenvalue weighted by molar-refractivity contribution is 8.00. The van der Waals surface area contributed by atoms with Gasteiger partial charge in [-0.3, -0.25) is 4.99 Å². The van der Waals surface area contributed by atoms with E-state index in [1.807, 2.05) is 6.21 Å². The van der Waals surface area contributed by atoms with Crippen molar-refractivity contribution >= 4 is 18.0 Å². The number of aliphatic hydroxyl groups is 1. The summed E-state index contributed by atoms with van der Waals surface area (Å²) >= 11 is 1.67. The molecule has 1 atom stereocenters. The zero-order valence-corrected chi connectivity index (χ0v) is 9.80. The zero-order chi connectivity index (χ0) is 10.2. The molecule has 0 bridgehead atoms. The van der Waals surface area contributed by atoms with Gasteiger partial charge in [0, 0.05) is 12.0 Å². The molecule has 1 aliphatic carbocycles. The van der Waals surface area contributed by atoms with E-state index in [9.17, 15) is 0 Å². The number of thioether (sulfide) groups is 1. The summed E-state index contributed by atoms with van der Waals surface area (Å²) in [6, 6.07) is 0. The van der Waals surface area contributed by atoms with E-state index in [2.05, 4.69) is 11.9 Å². The van der Waals surface area contributed by atoms with E-state index in [1.54, 1.807) is 11.8 Å². The molecule has 1 fully saturated rings. The number of rotatable bonds is 1. The molecule has 2 nitrogen and oxygen atoms in total. The quantitative estimate of drug-likeness (QED) is 0.729. The average Bonchev–Trinajstić information content (AvgIpc) is 2.72. The van der Waals surface area contributed by atoms with Crippen molar-refractivity contribution in [3.8, 4) is 0 Å². The summed E-state index contributed by atoms with van der Waals surface area (Å²) < 4.78 is 0. The second-order valence-corrected chi connectivity index (χ2v) is 5.26. The van der Waals surface area contributed by atoms with Crippen molar-refractivity contribution in [2.75, 3.05) is 12.4 Å². The van der Waals surface area contributed by atoms with Crippen molar-refractivity contribution < 1.29 is 5.11 Å². The van der Waals surface area contributed by atoms with Gasteiger partial charge in [-0.2, -0.15) is 0 Å². The summed E-state index contributed by atoms with van der Waals surface area (Å²) in [6.45, 7) is 2.54. The van der Waals surface area contributed by atoms with Crippen LogP contribution < -0.4 is 0 Å². The Hall–Kier alpha value is -0.0200. The molecule has 0 saturated heterocycles. The van der Waals surface area contributed by atoms with Gasteiger partial charge < -0.3 is 5.11 Å². The van der Waals surface area contributed by atoms with Gasteiger partial charge in [-0.15, -0.1) is 11.8 Å². The summed E-state index contributed by atoms with van der Waals surface area (Å²) in [5.41, 5.74) is 0. The zero-order valence-electron chi connectivity index (χ0n) is 8.98. The van der Waals surface area contributed by atoms with Gasteiger partial charge in [-0.1, -0.05) is 39.0 Å². The number of aliphatic hydroxyl groups excluding tert-OH is 1. The Labute approximate surface area is 91.2 Å². The minimum atomic E-state index is 0.139. The predicted molar refractivity (Wildman–Crippen MR) is 64.1 cm³/mol. The maximum absolute atomic E-state index is 8.43. The van der Waals surface area contributed by atoms with E-state index in [0.717, 1.165) is 11.7 Å². The first kappa shape index (κ1) is 12.1. The first-order valence-corrected chi connectivity index (χ1v) is 6.62. The van der Waals surface area contributed by atoms with Crippen LogP contribution in [0.5, 0.6) is 0 Å². The summed E-state index contributed by atoms with van der Waals surface area (Å²) in [6.07, 6.45) is 9.28. The van der Waals surface area contributed by atoms with Crippen molar-refractivity contribution in [1.82, 2.24) is 0 Å². The molecule has 1 saturated carbocycles. The van der Waals surface area contributed by atoms with Crippen LogP contribution in [0.3, 0.4) is 0 Å². The Morgan fingerprint density at radius 2 is 2.07 bits per heavy atom. The fraction of sp³-hybridized carbons (Fsp3) is 0.909. The van der Waals surface area contributed by atoms with E-state index in [4.69, 9.17) is 5.11 Å². The molecule has 2 aliphatic rings. The monoisotopic (exact) mass is 215 g/mol. The summed E-state index contributed by atoms with van der Waals surface area (Å²) in [4.78, 5) is 3.94. The van der Waals surface area contributed by atoms with Crippen molar-refractivity contribution in [2.24, 2.45) is 10.9 Å². The number of hydrogen-bond acceptors (Lipinski definition) is 3. The lowest BCUT2D eigenvalue weighted by Crippen LogP contribution is -1.99. The molecule has 0 aromatic rings. The van der Waals surface area contributed by atoms with Crippen molar-refractivity contribution in [3.05, 3.63) is 0 Å². The first-order valence-electron chi connectivity index (χ1n) is 5.57. The van der Waals surface area contributed by atoms with Gasteiger partial charge in [0.15, 0.2) is 0 Å². The molecule has 0 aromatic carbocycles. The van der Waals surface area contributed by atoms with E-state index in [0.29, 0.717) is 0 Å². The first-order chi connectivity index (χ1) is 6.83. The van der Waals surface area contributed by atoms with Crippen LogP contribution >= 0.6 is 11.8 Å². The Morgan fingerprint density at radius 1 is 1.36 bits per heavy atom. The molecule has 0 amide bonds. The number of aliphatic imine (C=N–C) groups is 1. The predicted octanol–water partition coefficient (Wildman–Crippen LogP) is 2.71. The van der Waals surface area contributed by atoms with E-state index in [-0.39, 0.29) is 12.0 Å². The molecule has 0 aromatic heterocycles. The number of nitrogens with zero attached hydrogens (tertiary/aromatic N) is 1. The van der Waals surface area contributed by atoms with Gasteiger partial charge in [-0.25, -0.2) is 0 Å². The minimum Gasteiger partial charge on any atom is -0.393 e. The van der Waals surface area contributed by atoms with Crippen LogP contribution in [0.1, 0.15) is 39.0 Å². The third-order valence-corrected chi connectivity index (χ3v) is 3.68. The molecule has 2 rings (SSSR count). The molecule has 1 unspecified atom stereocenters. The third kappa shape index (κ3) is 5.01. The van der Waals surface area contributed by atoms with Gasteiger partial charge in [0.2, 0.25) is 0 Å². The van der Waals surface area contributed by atoms with Crippen LogP contribution in [-0.2, 0) is 0 Å². The van der Waals surface area contributed by atoms with Gasteiger partial charge in [0.1, 0.15) is 5.37 Å².